The standard InChI is InChI=1S/C23H22O7/c1-23(2)28-13-17(30-23)12-27-16-9-20(26-4)22-18(24)11-19(29-21(22)10-16)14-5-7-15(25-3)8-6-14/h5-11,13H,12H2,1-4H3. The van der Waals surface area contributed by atoms with Crippen molar-refractivity contribution in [2.75, 3.05) is 20.8 Å². The Morgan fingerprint density at radius 1 is 0.967 bits per heavy atom. The highest BCUT2D eigenvalue weighted by atomic mass is 16.7. The van der Waals surface area contributed by atoms with Gasteiger partial charge in [-0.1, -0.05) is 0 Å². The van der Waals surface area contributed by atoms with E-state index in [0.717, 1.165) is 11.3 Å². The lowest BCUT2D eigenvalue weighted by atomic mass is 10.1. The van der Waals surface area contributed by atoms with Crippen molar-refractivity contribution < 1.29 is 28.1 Å². The molecule has 0 radical (unpaired) electrons. The zero-order chi connectivity index (χ0) is 21.3. The van der Waals surface area contributed by atoms with Gasteiger partial charge < -0.3 is 28.1 Å². The minimum absolute atomic E-state index is 0.167. The number of ether oxygens (including phenoxy) is 5. The van der Waals surface area contributed by atoms with E-state index in [2.05, 4.69) is 0 Å². The summed E-state index contributed by atoms with van der Waals surface area (Å²) in [5.74, 6) is 1.85. The average molecular weight is 410 g/mol. The molecule has 7 nitrogen and oxygen atoms in total. The quantitative estimate of drug-likeness (QED) is 0.593. The molecule has 1 aliphatic rings. The van der Waals surface area contributed by atoms with Gasteiger partial charge in [0.05, 0.1) is 14.2 Å². The van der Waals surface area contributed by atoms with Crippen molar-refractivity contribution in [3.05, 3.63) is 64.7 Å². The molecule has 2 aromatic carbocycles. The molecule has 30 heavy (non-hydrogen) atoms. The zero-order valence-electron chi connectivity index (χ0n) is 17.2. The van der Waals surface area contributed by atoms with Crippen molar-refractivity contribution in [1.82, 2.24) is 0 Å². The monoisotopic (exact) mass is 410 g/mol. The Labute approximate surface area is 173 Å². The van der Waals surface area contributed by atoms with E-state index in [4.69, 9.17) is 28.1 Å². The summed E-state index contributed by atoms with van der Waals surface area (Å²) in [7, 11) is 3.09. The molecule has 0 bridgehead atoms. The van der Waals surface area contributed by atoms with Crippen LogP contribution in [-0.4, -0.2) is 26.6 Å². The molecule has 0 N–H and O–H groups in total. The first-order chi connectivity index (χ1) is 14.4. The largest absolute Gasteiger partial charge is 0.497 e. The van der Waals surface area contributed by atoms with Crippen LogP contribution in [0.4, 0.5) is 0 Å². The molecule has 1 aromatic heterocycles. The van der Waals surface area contributed by atoms with Crippen molar-refractivity contribution >= 4 is 11.0 Å². The lowest BCUT2D eigenvalue weighted by molar-refractivity contribution is -0.119. The summed E-state index contributed by atoms with van der Waals surface area (Å²) in [6, 6.07) is 12.0. The highest BCUT2D eigenvalue weighted by Gasteiger charge is 2.27. The summed E-state index contributed by atoms with van der Waals surface area (Å²) >= 11 is 0. The molecule has 4 rings (SSSR count). The second-order valence-corrected chi connectivity index (χ2v) is 7.19. The minimum atomic E-state index is -0.709. The molecule has 0 saturated carbocycles. The fourth-order valence-electron chi connectivity index (χ4n) is 3.16. The van der Waals surface area contributed by atoms with Crippen molar-refractivity contribution in [1.29, 1.82) is 0 Å². The molecule has 1 aliphatic heterocycles. The highest BCUT2D eigenvalue weighted by molar-refractivity contribution is 5.86. The molecule has 0 fully saturated rings. The van der Waals surface area contributed by atoms with Crippen molar-refractivity contribution in [3.63, 3.8) is 0 Å². The first kappa shape index (κ1) is 19.7. The van der Waals surface area contributed by atoms with Crippen molar-refractivity contribution in [2.45, 2.75) is 19.6 Å². The molecule has 0 aliphatic carbocycles. The van der Waals surface area contributed by atoms with Crippen LogP contribution in [0.5, 0.6) is 17.2 Å². The van der Waals surface area contributed by atoms with Crippen LogP contribution in [0.3, 0.4) is 0 Å². The molecule has 0 atom stereocenters. The zero-order valence-corrected chi connectivity index (χ0v) is 17.2. The SMILES string of the molecule is COc1ccc(-c2cc(=O)c3c(OC)cc(OCC4=COC(C)(C)O4)cc3o2)cc1. The van der Waals surface area contributed by atoms with E-state index in [1.165, 1.54) is 19.4 Å². The third-order valence-corrected chi connectivity index (χ3v) is 4.59. The summed E-state index contributed by atoms with van der Waals surface area (Å²) in [4.78, 5) is 12.8. The van der Waals surface area contributed by atoms with E-state index in [0.29, 0.717) is 34.0 Å². The minimum Gasteiger partial charge on any atom is -0.497 e. The van der Waals surface area contributed by atoms with E-state index in [-0.39, 0.29) is 12.0 Å². The number of hydrogen-bond acceptors (Lipinski definition) is 7. The molecule has 7 heteroatoms. The first-order valence-corrected chi connectivity index (χ1v) is 9.37. The normalized spacial score (nSPS) is 14.6. The Hall–Kier alpha value is -3.61. The summed E-state index contributed by atoms with van der Waals surface area (Å²) in [6.45, 7) is 3.79. The van der Waals surface area contributed by atoms with Gasteiger partial charge in [0.25, 0.3) is 0 Å². The van der Waals surface area contributed by atoms with Crippen LogP contribution in [0, 0.1) is 0 Å². The van der Waals surface area contributed by atoms with Gasteiger partial charge in [0, 0.05) is 37.6 Å². The molecular weight excluding hydrogens is 388 g/mol. The summed E-state index contributed by atoms with van der Waals surface area (Å²) in [6.07, 6.45) is 1.53. The maximum atomic E-state index is 12.8. The van der Waals surface area contributed by atoms with Crippen LogP contribution >= 0.6 is 0 Å². The number of benzene rings is 2. The highest BCUT2D eigenvalue weighted by Crippen LogP contribution is 2.33. The van der Waals surface area contributed by atoms with Crippen LogP contribution in [0.25, 0.3) is 22.3 Å². The van der Waals surface area contributed by atoms with Crippen LogP contribution in [0.15, 0.2) is 63.7 Å². The Morgan fingerprint density at radius 2 is 1.73 bits per heavy atom. The number of methoxy groups -OCH3 is 2. The van der Waals surface area contributed by atoms with Gasteiger partial charge in [-0.15, -0.1) is 0 Å². The Bertz CT molecular complexity index is 1160. The average Bonchev–Trinajstić information content (AvgIpc) is 3.10. The third kappa shape index (κ3) is 3.91. The van der Waals surface area contributed by atoms with Gasteiger partial charge in [-0.3, -0.25) is 4.79 Å². The molecule has 156 valence electrons. The Morgan fingerprint density at radius 3 is 2.37 bits per heavy atom. The topological polar surface area (TPSA) is 76.4 Å². The second kappa shape index (κ2) is 7.67. The molecule has 0 saturated heterocycles. The lowest BCUT2D eigenvalue weighted by Crippen LogP contribution is -2.21. The summed E-state index contributed by atoms with van der Waals surface area (Å²) in [5, 5.41) is 0.350. The molecule has 3 aromatic rings. The van der Waals surface area contributed by atoms with Gasteiger partial charge in [-0.25, -0.2) is 0 Å². The predicted molar refractivity (Wildman–Crippen MR) is 111 cm³/mol. The van der Waals surface area contributed by atoms with Gasteiger partial charge in [-0.05, 0) is 24.3 Å². The van der Waals surface area contributed by atoms with Crippen molar-refractivity contribution in [3.8, 4) is 28.6 Å². The molecular formula is C23H22O7. The number of fused-ring (bicyclic) bond motifs is 1. The predicted octanol–water partition coefficient (Wildman–Crippen LogP) is 4.48. The summed E-state index contributed by atoms with van der Waals surface area (Å²) in [5.41, 5.74) is 0.909. The van der Waals surface area contributed by atoms with E-state index in [1.54, 1.807) is 31.4 Å². The van der Waals surface area contributed by atoms with E-state index >= 15 is 0 Å². The third-order valence-electron chi connectivity index (χ3n) is 4.59. The lowest BCUT2D eigenvalue weighted by Gasteiger charge is -2.18. The van der Waals surface area contributed by atoms with Crippen LogP contribution in [0.1, 0.15) is 13.8 Å². The number of hydrogen-bond donors (Lipinski definition) is 0. The van der Waals surface area contributed by atoms with E-state index < -0.39 is 5.79 Å². The molecule has 2 heterocycles. The fourth-order valence-corrected chi connectivity index (χ4v) is 3.16. The van der Waals surface area contributed by atoms with E-state index in [9.17, 15) is 4.79 Å². The van der Waals surface area contributed by atoms with Gasteiger partial charge >= 0.3 is 0 Å². The van der Waals surface area contributed by atoms with Crippen molar-refractivity contribution in [2.24, 2.45) is 0 Å². The first-order valence-electron chi connectivity index (χ1n) is 9.37. The maximum absolute atomic E-state index is 12.8. The van der Waals surface area contributed by atoms with Gasteiger partial charge in [0.15, 0.2) is 11.2 Å². The van der Waals surface area contributed by atoms with Crippen LogP contribution < -0.4 is 19.6 Å². The molecule has 0 unspecified atom stereocenters. The maximum Gasteiger partial charge on any atom is 0.244 e. The Kier molecular flexibility index (Phi) is 5.03. The van der Waals surface area contributed by atoms with Crippen LogP contribution in [0.2, 0.25) is 0 Å². The summed E-state index contributed by atoms with van der Waals surface area (Å²) < 4.78 is 33.4. The Balaban J connectivity index is 1.68. The molecule has 0 amide bonds. The molecule has 0 spiro atoms. The second-order valence-electron chi connectivity index (χ2n) is 7.19. The van der Waals surface area contributed by atoms with E-state index in [1.807, 2.05) is 26.0 Å². The van der Waals surface area contributed by atoms with Crippen LogP contribution in [-0.2, 0) is 9.47 Å². The van der Waals surface area contributed by atoms with Gasteiger partial charge in [0.1, 0.15) is 46.8 Å². The van der Waals surface area contributed by atoms with Gasteiger partial charge in [0.2, 0.25) is 5.79 Å². The fraction of sp³-hybridized carbons (Fsp3) is 0.261. The smallest absolute Gasteiger partial charge is 0.244 e. The number of rotatable bonds is 6. The van der Waals surface area contributed by atoms with Gasteiger partial charge in [-0.2, -0.15) is 0 Å².